The van der Waals surface area contributed by atoms with E-state index in [0.29, 0.717) is 32.1 Å². The van der Waals surface area contributed by atoms with Crippen LogP contribution in [0, 0.1) is 28.6 Å². The van der Waals surface area contributed by atoms with Crippen molar-refractivity contribution < 1.29 is 84.2 Å². The minimum atomic E-state index is -1.63. The lowest BCUT2D eigenvalue weighted by molar-refractivity contribution is -0.361. The number of ether oxygens (including phenoxy) is 7. The first-order valence-electron chi connectivity index (χ1n) is 20.8. The zero-order valence-corrected chi connectivity index (χ0v) is 33.5. The van der Waals surface area contributed by atoms with Crippen LogP contribution in [0.5, 0.6) is 0 Å². The van der Waals surface area contributed by atoms with Gasteiger partial charge in [-0.1, -0.05) is 25.5 Å². The lowest BCUT2D eigenvalue weighted by Gasteiger charge is -2.61. The van der Waals surface area contributed by atoms with Crippen molar-refractivity contribution in [3.05, 3.63) is 11.6 Å². The molecule has 17 nitrogen and oxygen atoms in total. The van der Waals surface area contributed by atoms with Crippen LogP contribution in [0.2, 0.25) is 0 Å². The van der Waals surface area contributed by atoms with Crippen molar-refractivity contribution in [1.82, 2.24) is 0 Å². The zero-order valence-electron chi connectivity index (χ0n) is 33.5. The Labute approximate surface area is 333 Å². The van der Waals surface area contributed by atoms with Gasteiger partial charge in [0.05, 0.1) is 37.1 Å². The molecule has 0 spiro atoms. The molecule has 17 heteroatoms. The third-order valence-electron chi connectivity index (χ3n) is 15.6. The number of rotatable bonds is 10. The van der Waals surface area contributed by atoms with Crippen molar-refractivity contribution in [2.75, 3.05) is 20.3 Å². The Hall–Kier alpha value is -0.940. The van der Waals surface area contributed by atoms with E-state index in [1.165, 1.54) is 12.7 Å². The van der Waals surface area contributed by atoms with E-state index in [0.717, 1.165) is 19.3 Å². The molecule has 23 atom stereocenters. The van der Waals surface area contributed by atoms with Gasteiger partial charge < -0.3 is 84.2 Å². The molecule has 10 N–H and O–H groups in total. The highest BCUT2D eigenvalue weighted by molar-refractivity contribution is 5.28. The normalized spacial score (nSPS) is 54.6. The Kier molecular flexibility index (Phi) is 13.0. The summed E-state index contributed by atoms with van der Waals surface area (Å²) < 4.78 is 41.7. The summed E-state index contributed by atoms with van der Waals surface area (Å²) in [6.45, 7) is 6.89. The second-order valence-corrected chi connectivity index (χ2v) is 18.4. The predicted octanol–water partition coefficient (Wildman–Crippen LogP) is -1.42. The average molecular weight is 819 g/mol. The van der Waals surface area contributed by atoms with Gasteiger partial charge in [0.15, 0.2) is 18.9 Å². The fourth-order valence-corrected chi connectivity index (χ4v) is 12.1. The Bertz CT molecular complexity index is 1420. The molecule has 6 fully saturated rings. The van der Waals surface area contributed by atoms with Crippen LogP contribution in [0.4, 0.5) is 0 Å². The molecule has 328 valence electrons. The highest BCUT2D eigenvalue weighted by Gasteiger charge is 2.67. The maximum Gasteiger partial charge on any atom is 0.187 e. The zero-order chi connectivity index (χ0) is 41.4. The van der Waals surface area contributed by atoms with Crippen molar-refractivity contribution in [3.63, 3.8) is 0 Å². The van der Waals surface area contributed by atoms with Crippen molar-refractivity contribution in [2.45, 2.75) is 189 Å². The van der Waals surface area contributed by atoms with Crippen LogP contribution in [0.3, 0.4) is 0 Å². The summed E-state index contributed by atoms with van der Waals surface area (Å²) >= 11 is 0. The number of allylic oxidation sites excluding steroid dienone is 1. The van der Waals surface area contributed by atoms with E-state index in [9.17, 15) is 51.1 Å². The van der Waals surface area contributed by atoms with Crippen molar-refractivity contribution in [2.24, 2.45) is 28.6 Å². The first-order chi connectivity index (χ1) is 26.9. The summed E-state index contributed by atoms with van der Waals surface area (Å²) in [6, 6.07) is 0. The molecular formula is C40H66O17. The lowest BCUT2D eigenvalue weighted by atomic mass is 9.45. The van der Waals surface area contributed by atoms with Gasteiger partial charge in [0.25, 0.3) is 0 Å². The summed E-state index contributed by atoms with van der Waals surface area (Å²) in [5, 5.41) is 106. The SMILES string of the molecule is CO[C@@H]1C(O)[C@H](O[C@H]2CC[C@@]3(C)C(=CCC4C3CC[C@]3(C)[C@@H](C(C)O[C@@H]5OC(CO)[C@@H](O)[C@H](O)C5O)CC[C@]43O)C2)OC(C)[C@@H]1O[C@H]1OC(CO)[C@@H](O)[C@H](O)C1O. The summed E-state index contributed by atoms with van der Waals surface area (Å²) in [6.07, 6.45) is -11.8. The molecule has 3 aliphatic heterocycles. The first kappa shape index (κ1) is 44.1. The van der Waals surface area contributed by atoms with Crippen LogP contribution in [-0.4, -0.2) is 181 Å². The van der Waals surface area contributed by atoms with E-state index in [4.69, 9.17) is 33.2 Å². The van der Waals surface area contributed by atoms with Gasteiger partial charge in [-0.25, -0.2) is 0 Å². The Morgan fingerprint density at radius 2 is 1.33 bits per heavy atom. The maximum atomic E-state index is 12.7. The molecule has 0 amide bonds. The van der Waals surface area contributed by atoms with Crippen LogP contribution in [0.15, 0.2) is 11.6 Å². The third-order valence-corrected chi connectivity index (χ3v) is 15.6. The van der Waals surface area contributed by atoms with Gasteiger partial charge in [-0.2, -0.15) is 0 Å². The molecule has 7 rings (SSSR count). The van der Waals surface area contributed by atoms with Gasteiger partial charge in [0.2, 0.25) is 0 Å². The van der Waals surface area contributed by atoms with E-state index in [1.807, 2.05) is 6.92 Å². The fourth-order valence-electron chi connectivity index (χ4n) is 12.1. The molecule has 0 aromatic heterocycles. The van der Waals surface area contributed by atoms with Crippen LogP contribution in [-0.2, 0) is 33.2 Å². The molecule has 3 saturated carbocycles. The van der Waals surface area contributed by atoms with Crippen LogP contribution in [0.1, 0.15) is 79.1 Å². The molecule has 3 saturated heterocycles. The van der Waals surface area contributed by atoms with E-state index in [-0.39, 0.29) is 29.3 Å². The van der Waals surface area contributed by atoms with Crippen LogP contribution in [0.25, 0.3) is 0 Å². The minimum absolute atomic E-state index is 0.0133. The number of methoxy groups -OCH3 is 1. The molecule has 0 aromatic rings. The summed E-state index contributed by atoms with van der Waals surface area (Å²) in [4.78, 5) is 0. The van der Waals surface area contributed by atoms with Gasteiger partial charge in [-0.3, -0.25) is 0 Å². The number of hydrogen-bond acceptors (Lipinski definition) is 17. The summed E-state index contributed by atoms with van der Waals surface area (Å²) in [5.74, 6) is 0.173. The predicted molar refractivity (Wildman–Crippen MR) is 196 cm³/mol. The molecule has 0 bridgehead atoms. The first-order valence-corrected chi connectivity index (χ1v) is 20.8. The molecule has 3 heterocycles. The van der Waals surface area contributed by atoms with Gasteiger partial charge in [0, 0.05) is 12.5 Å². The molecule has 7 aliphatic rings. The molecule has 0 aromatic carbocycles. The standard InChI is InChI=1S/C40H66O17/c1-17(52-35-30(47)28(45)26(43)24(15-41)55-35)21-10-13-40(50)23-7-6-19-14-20(8-11-38(19,3)22(23)9-12-39(21,40)4)54-37-32(49)34(51-5)33(18(2)53-37)57-36-31(48)29(46)27(44)25(16-42)56-36/h6,17-18,20-37,41-50H,7-16H2,1-5H3/t17?,18?,20-,21+,22?,23?,24?,25?,26+,27+,28-,29-,30?,31?,32?,33-,34+,35+,36+,37-,38-,39+,40-/m0/s1. The number of fused-ring (bicyclic) bond motifs is 5. The number of hydrogen-bond donors (Lipinski definition) is 10. The largest absolute Gasteiger partial charge is 0.394 e. The molecule has 4 aliphatic carbocycles. The average Bonchev–Trinajstić information content (AvgIpc) is 3.47. The smallest absolute Gasteiger partial charge is 0.187 e. The number of aliphatic hydroxyl groups excluding tert-OH is 9. The Morgan fingerprint density at radius 1 is 0.719 bits per heavy atom. The third kappa shape index (κ3) is 7.37. The van der Waals surface area contributed by atoms with Crippen molar-refractivity contribution in [1.29, 1.82) is 0 Å². The van der Waals surface area contributed by atoms with E-state index in [1.54, 1.807) is 6.92 Å². The quantitative estimate of drug-likeness (QED) is 0.113. The molecule has 9 unspecified atom stereocenters. The van der Waals surface area contributed by atoms with E-state index < -0.39 is 122 Å². The molecular weight excluding hydrogens is 752 g/mol. The minimum Gasteiger partial charge on any atom is -0.394 e. The Balaban J connectivity index is 0.990. The highest BCUT2D eigenvalue weighted by atomic mass is 16.7. The van der Waals surface area contributed by atoms with Crippen molar-refractivity contribution in [3.8, 4) is 0 Å². The number of aliphatic hydroxyl groups is 10. The van der Waals surface area contributed by atoms with Crippen LogP contribution < -0.4 is 0 Å². The second kappa shape index (κ2) is 16.7. The van der Waals surface area contributed by atoms with Gasteiger partial charge >= 0.3 is 0 Å². The summed E-state index contributed by atoms with van der Waals surface area (Å²) in [7, 11) is 1.41. The lowest BCUT2D eigenvalue weighted by Crippen LogP contribution is -2.64. The summed E-state index contributed by atoms with van der Waals surface area (Å²) in [5.41, 5.74) is -0.357. The van der Waals surface area contributed by atoms with Gasteiger partial charge in [0.1, 0.15) is 67.1 Å². The van der Waals surface area contributed by atoms with E-state index >= 15 is 0 Å². The van der Waals surface area contributed by atoms with Crippen molar-refractivity contribution >= 4 is 0 Å². The van der Waals surface area contributed by atoms with Crippen LogP contribution >= 0.6 is 0 Å². The van der Waals surface area contributed by atoms with Gasteiger partial charge in [-0.15, -0.1) is 0 Å². The second-order valence-electron chi connectivity index (χ2n) is 18.4. The fraction of sp³-hybridized carbons (Fsp3) is 0.950. The molecule has 0 radical (unpaired) electrons. The topological polar surface area (TPSA) is 267 Å². The monoisotopic (exact) mass is 818 g/mol. The van der Waals surface area contributed by atoms with E-state index in [2.05, 4.69) is 19.9 Å². The highest BCUT2D eigenvalue weighted by Crippen LogP contribution is 2.68. The Morgan fingerprint density at radius 3 is 1.96 bits per heavy atom. The maximum absolute atomic E-state index is 12.7. The van der Waals surface area contributed by atoms with Gasteiger partial charge in [-0.05, 0) is 88.4 Å². The molecule has 57 heavy (non-hydrogen) atoms.